The Morgan fingerprint density at radius 2 is 0.897 bits per heavy atom. The van der Waals surface area contributed by atoms with Crippen LogP contribution in [-0.4, -0.2) is 36.6 Å². The number of benzene rings is 2. The first-order chi connectivity index (χ1) is 16.9. The third kappa shape index (κ3) is 16.6. The summed E-state index contributed by atoms with van der Waals surface area (Å²) >= 11 is 0. The third-order valence-electron chi connectivity index (χ3n) is 4.91. The average Bonchev–Trinajstić information content (AvgIpc) is 2.84. The molecule has 2 aromatic rings. The molecule has 9 heteroatoms. The van der Waals surface area contributed by atoms with Crippen LogP contribution in [0.25, 0.3) is 0 Å². The minimum Gasteiger partial charge on any atom is -1.00 e. The summed E-state index contributed by atoms with van der Waals surface area (Å²) in [7, 11) is 0. The molecule has 2 rings (SSSR count). The van der Waals surface area contributed by atoms with Gasteiger partial charge in [-0.3, -0.25) is 19.6 Å². The maximum absolute atomic E-state index is 12.0. The number of carbonyl (C=O) groups excluding carboxylic acids is 2. The van der Waals surface area contributed by atoms with E-state index >= 15 is 0 Å². The molecule has 0 spiro atoms. The Morgan fingerprint density at radius 3 is 1.13 bits per heavy atom. The summed E-state index contributed by atoms with van der Waals surface area (Å²) in [4.78, 5) is 32.9. The summed E-state index contributed by atoms with van der Waals surface area (Å²) in [6.07, 6.45) is 1.92. The summed E-state index contributed by atoms with van der Waals surface area (Å²) in [5, 5.41) is 5.84. The summed E-state index contributed by atoms with van der Waals surface area (Å²) < 4.78 is 0. The van der Waals surface area contributed by atoms with Crippen LogP contribution in [0, 0.1) is 10.8 Å². The van der Waals surface area contributed by atoms with Crippen LogP contribution in [0.15, 0.2) is 70.6 Å². The number of hydrogen-bond acceptors (Lipinski definition) is 4. The van der Waals surface area contributed by atoms with E-state index in [-0.39, 0.29) is 57.1 Å². The van der Waals surface area contributed by atoms with Gasteiger partial charge in [0.1, 0.15) is 11.7 Å². The van der Waals surface area contributed by atoms with Gasteiger partial charge in [0.15, 0.2) is 0 Å². The molecule has 39 heavy (non-hydrogen) atoms. The van der Waals surface area contributed by atoms with Gasteiger partial charge >= 0.3 is 20.4 Å². The second kappa shape index (κ2) is 20.8. The zero-order valence-corrected chi connectivity index (χ0v) is 27.5. The number of nitrogens with zero attached hydrogens (tertiary/aromatic N) is 2. The van der Waals surface area contributed by atoms with Crippen molar-refractivity contribution in [2.75, 3.05) is 13.1 Å². The molecule has 0 aliphatic carbocycles. The van der Waals surface area contributed by atoms with E-state index in [9.17, 15) is 9.59 Å². The molecule has 0 unspecified atom stereocenters. The third-order valence-corrected chi connectivity index (χ3v) is 4.91. The summed E-state index contributed by atoms with van der Waals surface area (Å²) in [5.74, 6) is 1.30. The number of rotatable bonds is 6. The maximum Gasteiger partial charge on any atom is 2.00 e. The van der Waals surface area contributed by atoms with Crippen molar-refractivity contribution < 1.29 is 54.8 Å². The van der Waals surface area contributed by atoms with Gasteiger partial charge in [-0.05, 0) is 12.8 Å². The predicted molar refractivity (Wildman–Crippen MR) is 151 cm³/mol. The molecular weight excluding hydrogens is 626 g/mol. The molecule has 0 fully saturated rings. The van der Waals surface area contributed by atoms with Gasteiger partial charge < -0.3 is 35.4 Å². The van der Waals surface area contributed by atoms with Crippen molar-refractivity contribution in [3.05, 3.63) is 71.8 Å². The van der Waals surface area contributed by atoms with Crippen molar-refractivity contribution in [1.29, 1.82) is 0 Å². The van der Waals surface area contributed by atoms with Crippen LogP contribution >= 0.6 is 0 Å². The number of halogens is 2. The number of hydrogen-bond donors (Lipinski definition) is 2. The van der Waals surface area contributed by atoms with Crippen molar-refractivity contribution >= 4 is 23.5 Å². The Kier molecular flexibility index (Phi) is 22.1. The van der Waals surface area contributed by atoms with Crippen LogP contribution in [0.2, 0.25) is 0 Å². The van der Waals surface area contributed by atoms with Gasteiger partial charge in [0.2, 0.25) is 11.8 Å². The fraction of sp³-hybridized carbons (Fsp3) is 0.467. The molecule has 0 heterocycles. The number of aliphatic imine (C=N–C) groups is 2. The van der Waals surface area contributed by atoms with Crippen LogP contribution in [0.4, 0.5) is 0 Å². The Labute approximate surface area is 261 Å². The Hall–Kier alpha value is -2.04. The summed E-state index contributed by atoms with van der Waals surface area (Å²) in [6, 6.07) is 19.5. The first-order valence-electron chi connectivity index (χ1n) is 12.7. The molecule has 0 aliphatic rings. The van der Waals surface area contributed by atoms with Crippen molar-refractivity contribution in [3.63, 3.8) is 0 Å². The molecule has 2 amide bonds. The molecule has 0 aliphatic heterocycles. The predicted octanol–water partition coefficient (Wildman–Crippen LogP) is 0.0165. The molecule has 220 valence electrons. The van der Waals surface area contributed by atoms with Gasteiger partial charge in [0.25, 0.3) is 0 Å². The molecule has 2 N–H and O–H groups in total. The van der Waals surface area contributed by atoms with Gasteiger partial charge in [0, 0.05) is 35.0 Å². The first kappa shape index (κ1) is 41.4. The van der Waals surface area contributed by atoms with E-state index in [1.807, 2.05) is 102 Å². The van der Waals surface area contributed by atoms with Crippen molar-refractivity contribution in [3.8, 4) is 0 Å². The molecule has 0 radical (unpaired) electrons. The average molecular weight is 670 g/mol. The summed E-state index contributed by atoms with van der Waals surface area (Å²) in [6.45, 7) is 16.9. The molecule has 0 saturated carbocycles. The number of nitrogens with one attached hydrogen (secondary N) is 2. The molecule has 0 aromatic heterocycles. The monoisotopic (exact) mass is 668 g/mol. The Bertz CT molecular complexity index is 933. The smallest absolute Gasteiger partial charge is 1.00 e. The van der Waals surface area contributed by atoms with Gasteiger partial charge in [-0.15, -0.1) is 0 Å². The van der Waals surface area contributed by atoms with Crippen LogP contribution < -0.4 is 35.4 Å². The van der Waals surface area contributed by atoms with Gasteiger partial charge in [0.05, 0.1) is 0 Å². The molecule has 0 saturated heterocycles. The molecular formula is C30H44Cl2N4O2Pd. The standard InChI is InChI=1S/2C15H22N2O.2ClH.Pd/c2*1-5-11-16-13(12-9-7-6-8-10-12)17-14(18)15(2,3)4;;;/h2*6-10H,5,11H2,1-4H3,(H,16,17,18);2*1H;/q;;;;+2/p-2. The van der Waals surface area contributed by atoms with E-state index in [0.717, 1.165) is 24.0 Å². The molecule has 0 atom stereocenters. The van der Waals surface area contributed by atoms with Crippen molar-refractivity contribution in [2.45, 2.75) is 68.2 Å². The van der Waals surface area contributed by atoms with Crippen molar-refractivity contribution in [2.24, 2.45) is 20.8 Å². The number of amidine groups is 2. The topological polar surface area (TPSA) is 82.9 Å². The van der Waals surface area contributed by atoms with E-state index < -0.39 is 10.8 Å². The Morgan fingerprint density at radius 1 is 0.615 bits per heavy atom. The SMILES string of the molecule is CCCN=C(NC(=O)C(C)(C)C)c1ccccc1.CCCN=C(NC(=O)C(C)(C)C)c1ccccc1.[Cl-].[Cl-].[Pd+2]. The maximum atomic E-state index is 12.0. The first-order valence-corrected chi connectivity index (χ1v) is 12.7. The Balaban J connectivity index is -0.000000617. The summed E-state index contributed by atoms with van der Waals surface area (Å²) in [5.41, 5.74) is 1.07. The van der Waals surface area contributed by atoms with Gasteiger partial charge in [-0.2, -0.15) is 0 Å². The largest absolute Gasteiger partial charge is 2.00 e. The van der Waals surface area contributed by atoms with E-state index in [0.29, 0.717) is 24.8 Å². The van der Waals surface area contributed by atoms with E-state index in [1.165, 1.54) is 0 Å². The zero-order valence-electron chi connectivity index (χ0n) is 24.4. The van der Waals surface area contributed by atoms with E-state index in [2.05, 4.69) is 34.5 Å². The van der Waals surface area contributed by atoms with Gasteiger partial charge in [-0.25, -0.2) is 0 Å². The second-order valence-electron chi connectivity index (χ2n) is 10.6. The quantitative estimate of drug-likeness (QED) is 0.259. The van der Waals surface area contributed by atoms with Crippen LogP contribution in [-0.2, 0) is 30.0 Å². The zero-order chi connectivity index (χ0) is 27.2. The molecule has 6 nitrogen and oxygen atoms in total. The number of carbonyl (C=O) groups is 2. The minimum absolute atomic E-state index is 0. The van der Waals surface area contributed by atoms with Crippen LogP contribution in [0.5, 0.6) is 0 Å². The molecule has 0 bridgehead atoms. The van der Waals surface area contributed by atoms with E-state index in [1.54, 1.807) is 0 Å². The van der Waals surface area contributed by atoms with Crippen molar-refractivity contribution in [1.82, 2.24) is 10.6 Å². The number of amides is 2. The fourth-order valence-corrected chi connectivity index (χ4v) is 2.64. The normalized spacial score (nSPS) is 11.4. The fourth-order valence-electron chi connectivity index (χ4n) is 2.64. The second-order valence-corrected chi connectivity index (χ2v) is 10.6. The van der Waals surface area contributed by atoms with Gasteiger partial charge in [-0.1, -0.05) is 116 Å². The van der Waals surface area contributed by atoms with Crippen LogP contribution in [0.1, 0.15) is 79.4 Å². The minimum atomic E-state index is -0.415. The van der Waals surface area contributed by atoms with Crippen LogP contribution in [0.3, 0.4) is 0 Å². The van der Waals surface area contributed by atoms with E-state index in [4.69, 9.17) is 0 Å². The molecule has 2 aromatic carbocycles.